The summed E-state index contributed by atoms with van der Waals surface area (Å²) in [5.74, 6) is 0.835. The summed E-state index contributed by atoms with van der Waals surface area (Å²) in [5, 5.41) is 0. The lowest BCUT2D eigenvalue weighted by Gasteiger charge is -1.99. The molecule has 0 bridgehead atoms. The fourth-order valence-electron chi connectivity index (χ4n) is 0.490. The Labute approximate surface area is 66.3 Å². The highest BCUT2D eigenvalue weighted by Crippen LogP contribution is 1.96. The summed E-state index contributed by atoms with van der Waals surface area (Å²) in [6.45, 7) is 3.30. The van der Waals surface area contributed by atoms with E-state index in [1.165, 1.54) is 14.2 Å². The molecule has 0 saturated heterocycles. The minimum Gasteiger partial charge on any atom is -0.481 e. The molecule has 0 aliphatic carbocycles. The maximum Gasteiger partial charge on any atom is 0.217 e. The number of hydrogen-bond acceptors (Lipinski definition) is 4. The normalized spacial score (nSPS) is 12.6. The Morgan fingerprint density at radius 3 is 2.27 bits per heavy atom. The van der Waals surface area contributed by atoms with Gasteiger partial charge in [0.15, 0.2) is 0 Å². The van der Waals surface area contributed by atoms with Gasteiger partial charge in [-0.25, -0.2) is 4.99 Å². The number of hydrogen-bond donors (Lipinski definition) is 0. The van der Waals surface area contributed by atoms with Gasteiger partial charge in [-0.3, -0.25) is 4.99 Å². The van der Waals surface area contributed by atoms with Crippen LogP contribution in [0.1, 0.15) is 0 Å². The van der Waals surface area contributed by atoms with Gasteiger partial charge in [-0.2, -0.15) is 0 Å². The molecule has 0 aromatic carbocycles. The number of rotatable bonds is 3. The molecule has 0 unspecified atom stereocenters. The molecule has 62 valence electrons. The van der Waals surface area contributed by atoms with Gasteiger partial charge in [0, 0.05) is 7.05 Å². The third kappa shape index (κ3) is 3.40. The van der Waals surface area contributed by atoms with Crippen LogP contribution in [0.4, 0.5) is 0 Å². The lowest BCUT2D eigenvalue weighted by molar-refractivity contribution is 0.288. The number of ether oxygens (including phenoxy) is 2. The van der Waals surface area contributed by atoms with E-state index in [0.29, 0.717) is 11.8 Å². The Bertz CT molecular complexity index is 185. The van der Waals surface area contributed by atoms with Crippen molar-refractivity contribution < 1.29 is 9.47 Å². The van der Waals surface area contributed by atoms with Crippen molar-refractivity contribution in [2.75, 3.05) is 21.3 Å². The van der Waals surface area contributed by atoms with Gasteiger partial charge in [0.05, 0.1) is 20.3 Å². The van der Waals surface area contributed by atoms with Crippen LogP contribution >= 0.6 is 0 Å². The summed E-state index contributed by atoms with van der Waals surface area (Å²) in [4.78, 5) is 7.36. The molecule has 0 aliphatic rings. The topological polar surface area (TPSA) is 43.2 Å². The second kappa shape index (κ2) is 5.46. The van der Waals surface area contributed by atoms with E-state index in [-0.39, 0.29) is 0 Å². The van der Waals surface area contributed by atoms with Crippen molar-refractivity contribution in [3.8, 4) is 0 Å². The van der Waals surface area contributed by atoms with Gasteiger partial charge in [-0.05, 0) is 6.72 Å². The van der Waals surface area contributed by atoms with Crippen LogP contribution in [-0.2, 0) is 9.47 Å². The molecule has 4 nitrogen and oxygen atoms in total. The van der Waals surface area contributed by atoms with E-state index in [1.807, 2.05) is 0 Å². The minimum atomic E-state index is 0.382. The zero-order valence-electron chi connectivity index (χ0n) is 7.00. The third-order valence-electron chi connectivity index (χ3n) is 1.04. The van der Waals surface area contributed by atoms with Gasteiger partial charge in [0.25, 0.3) is 0 Å². The lowest BCUT2D eigenvalue weighted by atomic mass is 10.5. The van der Waals surface area contributed by atoms with E-state index in [1.54, 1.807) is 13.1 Å². The molecule has 4 heteroatoms. The lowest BCUT2D eigenvalue weighted by Crippen LogP contribution is -1.98. The molecule has 0 spiro atoms. The van der Waals surface area contributed by atoms with Crippen LogP contribution in [0.25, 0.3) is 0 Å². The average Bonchev–Trinajstić information content (AvgIpc) is 2.07. The summed E-state index contributed by atoms with van der Waals surface area (Å²) in [6, 6.07) is 0. The minimum absolute atomic E-state index is 0.382. The quantitative estimate of drug-likeness (QED) is 0.345. The molecule has 0 heterocycles. The second-order valence-electron chi connectivity index (χ2n) is 1.61. The van der Waals surface area contributed by atoms with E-state index in [4.69, 9.17) is 9.47 Å². The molecule has 0 amide bonds. The monoisotopic (exact) mass is 156 g/mol. The smallest absolute Gasteiger partial charge is 0.217 e. The predicted molar refractivity (Wildman–Crippen MR) is 45.0 cm³/mol. The van der Waals surface area contributed by atoms with Gasteiger partial charge < -0.3 is 9.47 Å². The van der Waals surface area contributed by atoms with Crippen LogP contribution in [0.3, 0.4) is 0 Å². The van der Waals surface area contributed by atoms with Crippen LogP contribution in [0, 0.1) is 0 Å². The Morgan fingerprint density at radius 2 is 2.00 bits per heavy atom. The van der Waals surface area contributed by atoms with Crippen molar-refractivity contribution in [2.45, 2.75) is 0 Å². The van der Waals surface area contributed by atoms with Gasteiger partial charge in [0.1, 0.15) is 0 Å². The van der Waals surface area contributed by atoms with E-state index in [0.717, 1.165) is 0 Å². The van der Waals surface area contributed by atoms with E-state index < -0.39 is 0 Å². The number of aliphatic imine (C=N–C) groups is 2. The van der Waals surface area contributed by atoms with Crippen molar-refractivity contribution in [3.05, 3.63) is 12.0 Å². The molecule has 0 fully saturated rings. The van der Waals surface area contributed by atoms with Crippen molar-refractivity contribution >= 4 is 12.6 Å². The van der Waals surface area contributed by atoms with Crippen LogP contribution in [0.2, 0.25) is 0 Å². The van der Waals surface area contributed by atoms with Gasteiger partial charge >= 0.3 is 0 Å². The molecule has 0 aromatic heterocycles. The van der Waals surface area contributed by atoms with Crippen molar-refractivity contribution in [2.24, 2.45) is 9.98 Å². The van der Waals surface area contributed by atoms with E-state index >= 15 is 0 Å². The first-order valence-electron chi connectivity index (χ1n) is 3.01. The van der Waals surface area contributed by atoms with Crippen molar-refractivity contribution in [3.63, 3.8) is 0 Å². The van der Waals surface area contributed by atoms with Gasteiger partial charge in [-0.1, -0.05) is 0 Å². The van der Waals surface area contributed by atoms with Crippen LogP contribution < -0.4 is 0 Å². The molecular weight excluding hydrogens is 144 g/mol. The van der Waals surface area contributed by atoms with Crippen molar-refractivity contribution in [1.29, 1.82) is 0 Å². The van der Waals surface area contributed by atoms with Crippen LogP contribution in [0.5, 0.6) is 0 Å². The zero-order chi connectivity index (χ0) is 8.69. The summed E-state index contributed by atoms with van der Waals surface area (Å²) in [6.07, 6.45) is 1.55. The zero-order valence-corrected chi connectivity index (χ0v) is 7.00. The Kier molecular flexibility index (Phi) is 4.81. The Morgan fingerprint density at radius 1 is 1.36 bits per heavy atom. The Hall–Kier alpha value is -1.32. The highest BCUT2D eigenvalue weighted by Gasteiger charge is 1.94. The molecule has 0 aliphatic heterocycles. The summed E-state index contributed by atoms with van der Waals surface area (Å²) in [7, 11) is 4.64. The molecule has 0 rings (SSSR count). The first-order chi connectivity index (χ1) is 5.28. The SMILES string of the molecule is C=N/C(=C\C(=NC)OC)OC. The highest BCUT2D eigenvalue weighted by atomic mass is 16.5. The van der Waals surface area contributed by atoms with E-state index in [9.17, 15) is 0 Å². The molecule has 0 aromatic rings. The second-order valence-corrected chi connectivity index (χ2v) is 1.61. The molecule has 0 saturated carbocycles. The standard InChI is InChI=1S/C7H12N2O2/c1-8-6(10-3)5-7(9-2)11-4/h5H,1H2,2-4H3/b6-5+,9-7?. The molecule has 11 heavy (non-hydrogen) atoms. The van der Waals surface area contributed by atoms with Gasteiger partial charge in [-0.15, -0.1) is 0 Å². The highest BCUT2D eigenvalue weighted by molar-refractivity contribution is 5.87. The molecule has 0 atom stereocenters. The molecule has 0 radical (unpaired) electrons. The van der Waals surface area contributed by atoms with Crippen LogP contribution in [-0.4, -0.2) is 33.9 Å². The van der Waals surface area contributed by atoms with Crippen molar-refractivity contribution in [1.82, 2.24) is 0 Å². The molecular formula is C7H12N2O2. The Balaban J connectivity index is 4.35. The average molecular weight is 156 g/mol. The largest absolute Gasteiger partial charge is 0.481 e. The summed E-state index contributed by atoms with van der Waals surface area (Å²) in [5.41, 5.74) is 0. The third-order valence-corrected chi connectivity index (χ3v) is 1.04. The number of nitrogens with zero attached hydrogens (tertiary/aromatic N) is 2. The predicted octanol–water partition coefficient (Wildman–Crippen LogP) is 0.850. The maximum atomic E-state index is 4.84. The fourth-order valence-corrected chi connectivity index (χ4v) is 0.490. The first kappa shape index (κ1) is 9.68. The fraction of sp³-hybridized carbons (Fsp3) is 0.429. The molecule has 0 N–H and O–H groups in total. The van der Waals surface area contributed by atoms with Gasteiger partial charge in [0.2, 0.25) is 11.8 Å². The van der Waals surface area contributed by atoms with Crippen LogP contribution in [0.15, 0.2) is 21.9 Å². The van der Waals surface area contributed by atoms with E-state index in [2.05, 4.69) is 16.7 Å². The maximum absolute atomic E-state index is 4.84. The number of methoxy groups -OCH3 is 2. The first-order valence-corrected chi connectivity index (χ1v) is 3.01. The summed E-state index contributed by atoms with van der Waals surface area (Å²) >= 11 is 0. The summed E-state index contributed by atoms with van der Waals surface area (Å²) < 4.78 is 9.64.